The van der Waals surface area contributed by atoms with E-state index in [0.717, 1.165) is 23.1 Å². The first-order valence-electron chi connectivity index (χ1n) is 6.51. The standard InChI is InChI=1S/C16H17N3/c1-12(17)10-13-6-8-14(9-7-13)19-11-18-15-4-2-3-5-16(15)19/h2-9,11-12H,10,17H2,1H3. The predicted molar refractivity (Wildman–Crippen MR) is 78.4 cm³/mol. The van der Waals surface area contributed by atoms with Crippen molar-refractivity contribution in [3.63, 3.8) is 0 Å². The first-order chi connectivity index (χ1) is 9.24. The smallest absolute Gasteiger partial charge is 0.100 e. The van der Waals surface area contributed by atoms with Crippen LogP contribution in [-0.2, 0) is 6.42 Å². The molecule has 0 saturated heterocycles. The number of aromatic nitrogens is 2. The maximum absolute atomic E-state index is 5.82. The van der Waals surface area contributed by atoms with E-state index in [2.05, 4.69) is 39.9 Å². The lowest BCUT2D eigenvalue weighted by Gasteiger charge is -2.08. The van der Waals surface area contributed by atoms with E-state index in [1.807, 2.05) is 31.5 Å². The monoisotopic (exact) mass is 251 g/mol. The van der Waals surface area contributed by atoms with Gasteiger partial charge < -0.3 is 5.73 Å². The van der Waals surface area contributed by atoms with Crippen molar-refractivity contribution in [3.8, 4) is 5.69 Å². The lowest BCUT2D eigenvalue weighted by molar-refractivity contribution is 0.738. The molecule has 0 aliphatic carbocycles. The molecular weight excluding hydrogens is 234 g/mol. The van der Waals surface area contributed by atoms with Gasteiger partial charge in [-0.3, -0.25) is 4.57 Å². The fourth-order valence-electron chi connectivity index (χ4n) is 2.33. The summed E-state index contributed by atoms with van der Waals surface area (Å²) in [6, 6.07) is 16.8. The summed E-state index contributed by atoms with van der Waals surface area (Å²) in [5.74, 6) is 0. The first-order valence-corrected chi connectivity index (χ1v) is 6.51. The molecule has 3 nitrogen and oxygen atoms in total. The Labute approximate surface area is 112 Å². The van der Waals surface area contributed by atoms with Crippen molar-refractivity contribution in [2.75, 3.05) is 0 Å². The van der Waals surface area contributed by atoms with Gasteiger partial charge in [0.05, 0.1) is 11.0 Å². The number of benzene rings is 2. The first kappa shape index (κ1) is 11.9. The van der Waals surface area contributed by atoms with Crippen LogP contribution in [0.4, 0.5) is 0 Å². The van der Waals surface area contributed by atoms with Crippen molar-refractivity contribution in [2.24, 2.45) is 5.73 Å². The second-order valence-electron chi connectivity index (χ2n) is 4.95. The van der Waals surface area contributed by atoms with Crippen LogP contribution < -0.4 is 5.73 Å². The number of hydrogen-bond donors (Lipinski definition) is 1. The van der Waals surface area contributed by atoms with Crippen LogP contribution in [0, 0.1) is 0 Å². The van der Waals surface area contributed by atoms with Gasteiger partial charge >= 0.3 is 0 Å². The molecule has 1 unspecified atom stereocenters. The van der Waals surface area contributed by atoms with Gasteiger partial charge in [0, 0.05) is 11.7 Å². The average molecular weight is 251 g/mol. The van der Waals surface area contributed by atoms with Crippen LogP contribution in [0.5, 0.6) is 0 Å². The van der Waals surface area contributed by atoms with Gasteiger partial charge in [0.2, 0.25) is 0 Å². The number of nitrogens with zero attached hydrogens (tertiary/aromatic N) is 2. The highest BCUT2D eigenvalue weighted by Gasteiger charge is 2.04. The number of hydrogen-bond acceptors (Lipinski definition) is 2. The molecule has 2 N–H and O–H groups in total. The molecule has 2 aromatic carbocycles. The van der Waals surface area contributed by atoms with Crippen molar-refractivity contribution >= 4 is 11.0 Å². The number of imidazole rings is 1. The van der Waals surface area contributed by atoms with Gasteiger partial charge in [-0.15, -0.1) is 0 Å². The van der Waals surface area contributed by atoms with Crippen LogP contribution in [0.25, 0.3) is 16.7 Å². The molecule has 19 heavy (non-hydrogen) atoms. The summed E-state index contributed by atoms with van der Waals surface area (Å²) < 4.78 is 2.10. The number of nitrogens with two attached hydrogens (primary N) is 1. The molecule has 3 rings (SSSR count). The summed E-state index contributed by atoms with van der Waals surface area (Å²) >= 11 is 0. The molecule has 1 atom stereocenters. The summed E-state index contributed by atoms with van der Waals surface area (Å²) in [5, 5.41) is 0. The minimum Gasteiger partial charge on any atom is -0.328 e. The van der Waals surface area contributed by atoms with Crippen LogP contribution in [0.2, 0.25) is 0 Å². The van der Waals surface area contributed by atoms with Crippen LogP contribution in [0.1, 0.15) is 12.5 Å². The quantitative estimate of drug-likeness (QED) is 0.777. The highest BCUT2D eigenvalue weighted by atomic mass is 15.0. The number of para-hydroxylation sites is 2. The molecule has 1 heterocycles. The molecular formula is C16H17N3. The molecule has 0 radical (unpaired) electrons. The molecule has 1 aromatic heterocycles. The maximum atomic E-state index is 5.82. The summed E-state index contributed by atoms with van der Waals surface area (Å²) in [6.45, 7) is 2.03. The number of rotatable bonds is 3. The lowest BCUT2D eigenvalue weighted by Crippen LogP contribution is -2.17. The molecule has 0 aliphatic heterocycles. The fourth-order valence-corrected chi connectivity index (χ4v) is 2.33. The Morgan fingerprint density at radius 1 is 1.11 bits per heavy atom. The van der Waals surface area contributed by atoms with Crippen molar-refractivity contribution in [2.45, 2.75) is 19.4 Å². The predicted octanol–water partition coefficient (Wildman–Crippen LogP) is 2.92. The molecule has 0 saturated carbocycles. The zero-order chi connectivity index (χ0) is 13.2. The molecule has 96 valence electrons. The molecule has 0 spiro atoms. The normalized spacial score (nSPS) is 12.7. The average Bonchev–Trinajstić information content (AvgIpc) is 2.83. The van der Waals surface area contributed by atoms with Gasteiger partial charge in [0.25, 0.3) is 0 Å². The topological polar surface area (TPSA) is 43.8 Å². The Bertz CT molecular complexity index is 681. The summed E-state index contributed by atoms with van der Waals surface area (Å²) in [4.78, 5) is 4.41. The van der Waals surface area contributed by atoms with E-state index in [1.54, 1.807) is 0 Å². The Hall–Kier alpha value is -2.13. The zero-order valence-electron chi connectivity index (χ0n) is 11.0. The lowest BCUT2D eigenvalue weighted by atomic mass is 10.1. The van der Waals surface area contributed by atoms with Crippen molar-refractivity contribution < 1.29 is 0 Å². The third-order valence-corrected chi connectivity index (χ3v) is 3.23. The van der Waals surface area contributed by atoms with E-state index >= 15 is 0 Å². The fraction of sp³-hybridized carbons (Fsp3) is 0.188. The summed E-state index contributed by atoms with van der Waals surface area (Å²) in [7, 11) is 0. The molecule has 0 bridgehead atoms. The van der Waals surface area contributed by atoms with Crippen LogP contribution in [0.3, 0.4) is 0 Å². The highest BCUT2D eigenvalue weighted by molar-refractivity contribution is 5.77. The van der Waals surface area contributed by atoms with Gasteiger partial charge in [0.15, 0.2) is 0 Å². The Morgan fingerprint density at radius 3 is 2.58 bits per heavy atom. The third-order valence-electron chi connectivity index (χ3n) is 3.23. The van der Waals surface area contributed by atoms with Crippen LogP contribution in [-0.4, -0.2) is 15.6 Å². The largest absolute Gasteiger partial charge is 0.328 e. The van der Waals surface area contributed by atoms with Gasteiger partial charge in [-0.1, -0.05) is 24.3 Å². The number of fused-ring (bicyclic) bond motifs is 1. The minimum atomic E-state index is 0.194. The summed E-state index contributed by atoms with van der Waals surface area (Å²) in [5.41, 5.74) is 10.4. The zero-order valence-corrected chi connectivity index (χ0v) is 11.0. The second-order valence-corrected chi connectivity index (χ2v) is 4.95. The summed E-state index contributed by atoms with van der Waals surface area (Å²) in [6.07, 6.45) is 2.77. The van der Waals surface area contributed by atoms with Crippen molar-refractivity contribution in [1.82, 2.24) is 9.55 Å². The van der Waals surface area contributed by atoms with Gasteiger partial charge in [-0.25, -0.2) is 4.98 Å². The molecule has 0 amide bonds. The van der Waals surface area contributed by atoms with Crippen molar-refractivity contribution in [1.29, 1.82) is 0 Å². The van der Waals surface area contributed by atoms with E-state index in [9.17, 15) is 0 Å². The van der Waals surface area contributed by atoms with Crippen molar-refractivity contribution in [3.05, 3.63) is 60.4 Å². The SMILES string of the molecule is CC(N)Cc1ccc(-n2cnc3ccccc32)cc1. The van der Waals surface area contributed by atoms with Gasteiger partial charge in [-0.2, -0.15) is 0 Å². The van der Waals surface area contributed by atoms with E-state index in [4.69, 9.17) is 5.73 Å². The van der Waals surface area contributed by atoms with Gasteiger partial charge in [-0.05, 0) is 43.2 Å². The van der Waals surface area contributed by atoms with Crippen LogP contribution in [0.15, 0.2) is 54.9 Å². The Kier molecular flexibility index (Phi) is 3.05. The molecule has 0 fully saturated rings. The van der Waals surface area contributed by atoms with E-state index in [0.29, 0.717) is 0 Å². The van der Waals surface area contributed by atoms with Gasteiger partial charge in [0.1, 0.15) is 6.33 Å². The Balaban J connectivity index is 1.98. The third kappa shape index (κ3) is 2.37. The Morgan fingerprint density at radius 2 is 1.84 bits per heavy atom. The van der Waals surface area contributed by atoms with Crippen LogP contribution >= 0.6 is 0 Å². The second kappa shape index (κ2) is 4.86. The highest BCUT2D eigenvalue weighted by Crippen LogP contribution is 2.18. The van der Waals surface area contributed by atoms with E-state index < -0.39 is 0 Å². The van der Waals surface area contributed by atoms with E-state index in [1.165, 1.54) is 5.56 Å². The maximum Gasteiger partial charge on any atom is 0.100 e. The van der Waals surface area contributed by atoms with E-state index in [-0.39, 0.29) is 6.04 Å². The minimum absolute atomic E-state index is 0.194. The molecule has 0 aliphatic rings. The molecule has 3 aromatic rings. The molecule has 3 heteroatoms.